The maximum absolute atomic E-state index is 11.6. The fourth-order valence-corrected chi connectivity index (χ4v) is 1.62. The summed E-state index contributed by atoms with van der Waals surface area (Å²) in [5, 5.41) is 0. The molecule has 1 heterocycles. The normalized spacial score (nSPS) is 20.1. The van der Waals surface area contributed by atoms with Crippen LogP contribution in [0.25, 0.3) is 0 Å². The van der Waals surface area contributed by atoms with Gasteiger partial charge < -0.3 is 9.47 Å². The van der Waals surface area contributed by atoms with Crippen LogP contribution in [0, 0.1) is 0 Å². The average Bonchev–Trinajstić information content (AvgIpc) is 2.18. The Morgan fingerprint density at radius 2 is 2.29 bits per heavy atom. The summed E-state index contributed by atoms with van der Waals surface area (Å²) in [6.07, 6.45) is 0.271. The van der Waals surface area contributed by atoms with Crippen LogP contribution in [0.15, 0.2) is 24.3 Å². The average molecular weight is 192 g/mol. The number of benzene rings is 1. The largest absolute Gasteiger partial charge is 0.487 e. The second-order valence-electron chi connectivity index (χ2n) is 3.32. The zero-order valence-corrected chi connectivity index (χ0v) is 8.03. The number of fused-ring (bicyclic) bond motifs is 1. The number of hydrogen-bond acceptors (Lipinski definition) is 3. The van der Waals surface area contributed by atoms with E-state index in [0.29, 0.717) is 24.3 Å². The predicted octanol–water partition coefficient (Wildman–Crippen LogP) is 1.67. The molecule has 0 aliphatic carbocycles. The van der Waals surface area contributed by atoms with E-state index in [1.807, 2.05) is 18.2 Å². The molecule has 1 aromatic carbocycles. The SMILES string of the molecule is COCC1CC(=O)c2ccccc2O1. The minimum absolute atomic E-state index is 0.133. The van der Waals surface area contributed by atoms with Crippen LogP contribution in [0.3, 0.4) is 0 Å². The highest BCUT2D eigenvalue weighted by molar-refractivity contribution is 5.99. The van der Waals surface area contributed by atoms with Gasteiger partial charge in [-0.2, -0.15) is 0 Å². The van der Waals surface area contributed by atoms with Gasteiger partial charge in [-0.3, -0.25) is 4.79 Å². The van der Waals surface area contributed by atoms with E-state index in [4.69, 9.17) is 9.47 Å². The summed E-state index contributed by atoms with van der Waals surface area (Å²) in [5.41, 5.74) is 0.680. The van der Waals surface area contributed by atoms with E-state index >= 15 is 0 Å². The molecule has 0 aromatic heterocycles. The molecule has 0 N–H and O–H groups in total. The summed E-state index contributed by atoms with van der Waals surface area (Å²) < 4.78 is 10.6. The van der Waals surface area contributed by atoms with Gasteiger partial charge in [0.1, 0.15) is 11.9 Å². The molecule has 1 aliphatic heterocycles. The molecular weight excluding hydrogens is 180 g/mol. The smallest absolute Gasteiger partial charge is 0.170 e. The molecule has 3 nitrogen and oxygen atoms in total. The Balaban J connectivity index is 2.24. The van der Waals surface area contributed by atoms with E-state index in [2.05, 4.69) is 0 Å². The van der Waals surface area contributed by atoms with Crippen LogP contribution >= 0.6 is 0 Å². The van der Waals surface area contributed by atoms with Crippen LogP contribution < -0.4 is 4.74 Å². The molecule has 1 aliphatic rings. The second kappa shape index (κ2) is 3.80. The molecule has 0 saturated carbocycles. The van der Waals surface area contributed by atoms with Crippen molar-refractivity contribution in [2.45, 2.75) is 12.5 Å². The lowest BCUT2D eigenvalue weighted by atomic mass is 10.0. The zero-order chi connectivity index (χ0) is 9.97. The van der Waals surface area contributed by atoms with Crippen molar-refractivity contribution in [2.75, 3.05) is 13.7 Å². The summed E-state index contributed by atoms with van der Waals surface area (Å²) in [5.74, 6) is 0.805. The Morgan fingerprint density at radius 3 is 3.07 bits per heavy atom. The number of rotatable bonds is 2. The van der Waals surface area contributed by atoms with Crippen molar-refractivity contribution >= 4 is 5.78 Å². The molecule has 0 radical (unpaired) electrons. The van der Waals surface area contributed by atoms with Crippen molar-refractivity contribution in [3.8, 4) is 5.75 Å². The topological polar surface area (TPSA) is 35.5 Å². The Labute approximate surface area is 82.6 Å². The van der Waals surface area contributed by atoms with Gasteiger partial charge in [0.2, 0.25) is 0 Å². The number of hydrogen-bond donors (Lipinski definition) is 0. The standard InChI is InChI=1S/C11H12O3/c1-13-7-8-6-10(12)9-4-2-3-5-11(9)14-8/h2-5,8H,6-7H2,1H3. The third-order valence-corrected chi connectivity index (χ3v) is 2.25. The van der Waals surface area contributed by atoms with Crippen molar-refractivity contribution in [3.63, 3.8) is 0 Å². The first-order valence-electron chi connectivity index (χ1n) is 4.59. The van der Waals surface area contributed by atoms with Crippen molar-refractivity contribution in [1.29, 1.82) is 0 Å². The van der Waals surface area contributed by atoms with Gasteiger partial charge in [-0.25, -0.2) is 0 Å². The van der Waals surface area contributed by atoms with Gasteiger partial charge >= 0.3 is 0 Å². The molecule has 0 spiro atoms. The highest BCUT2D eigenvalue weighted by Gasteiger charge is 2.25. The highest BCUT2D eigenvalue weighted by atomic mass is 16.5. The van der Waals surface area contributed by atoms with Crippen LogP contribution in [-0.2, 0) is 4.74 Å². The lowest BCUT2D eigenvalue weighted by molar-refractivity contribution is 0.0570. The van der Waals surface area contributed by atoms with Crippen molar-refractivity contribution in [2.24, 2.45) is 0 Å². The molecule has 1 unspecified atom stereocenters. The van der Waals surface area contributed by atoms with Crippen LogP contribution in [0.4, 0.5) is 0 Å². The first-order valence-corrected chi connectivity index (χ1v) is 4.59. The number of carbonyl (C=O) groups excluding carboxylic acids is 1. The van der Waals surface area contributed by atoms with Crippen LogP contribution in [0.1, 0.15) is 16.8 Å². The number of methoxy groups -OCH3 is 1. The number of Topliss-reactive ketones (excluding diaryl/α,β-unsaturated/α-hetero) is 1. The fourth-order valence-electron chi connectivity index (χ4n) is 1.62. The molecule has 74 valence electrons. The molecule has 0 amide bonds. The highest BCUT2D eigenvalue weighted by Crippen LogP contribution is 2.26. The van der Waals surface area contributed by atoms with Crippen molar-refractivity contribution in [3.05, 3.63) is 29.8 Å². The van der Waals surface area contributed by atoms with E-state index in [1.165, 1.54) is 0 Å². The summed E-state index contributed by atoms with van der Waals surface area (Å²) >= 11 is 0. The first kappa shape index (κ1) is 9.21. The molecule has 2 rings (SSSR count). The molecule has 0 bridgehead atoms. The van der Waals surface area contributed by atoms with Gasteiger partial charge in [0.05, 0.1) is 18.6 Å². The minimum Gasteiger partial charge on any atom is -0.487 e. The minimum atomic E-state index is -0.137. The zero-order valence-electron chi connectivity index (χ0n) is 8.03. The molecule has 0 fully saturated rings. The van der Waals surface area contributed by atoms with Gasteiger partial charge in [0.15, 0.2) is 5.78 Å². The van der Waals surface area contributed by atoms with Crippen LogP contribution in [0.5, 0.6) is 5.75 Å². The van der Waals surface area contributed by atoms with Crippen molar-refractivity contribution in [1.82, 2.24) is 0 Å². The molecule has 1 aromatic rings. The fraction of sp³-hybridized carbons (Fsp3) is 0.364. The van der Waals surface area contributed by atoms with E-state index < -0.39 is 0 Å². The summed E-state index contributed by atoms with van der Waals surface area (Å²) in [4.78, 5) is 11.6. The summed E-state index contributed by atoms with van der Waals surface area (Å²) in [7, 11) is 1.61. The van der Waals surface area contributed by atoms with E-state index in [9.17, 15) is 4.79 Å². The van der Waals surface area contributed by atoms with Crippen LogP contribution in [-0.4, -0.2) is 25.6 Å². The number of ether oxygens (including phenoxy) is 2. The summed E-state index contributed by atoms with van der Waals surface area (Å²) in [6.45, 7) is 0.458. The second-order valence-corrected chi connectivity index (χ2v) is 3.32. The van der Waals surface area contributed by atoms with Gasteiger partial charge in [0, 0.05) is 7.11 Å². The number of ketones is 1. The van der Waals surface area contributed by atoms with Gasteiger partial charge in [-0.15, -0.1) is 0 Å². The Kier molecular flexibility index (Phi) is 2.50. The Hall–Kier alpha value is -1.35. The Morgan fingerprint density at radius 1 is 1.50 bits per heavy atom. The maximum atomic E-state index is 11.6. The number of carbonyl (C=O) groups is 1. The molecule has 14 heavy (non-hydrogen) atoms. The van der Waals surface area contributed by atoms with E-state index in [1.54, 1.807) is 13.2 Å². The quantitative estimate of drug-likeness (QED) is 0.715. The molecule has 0 saturated heterocycles. The lowest BCUT2D eigenvalue weighted by Crippen LogP contribution is -2.30. The van der Waals surface area contributed by atoms with E-state index in [0.717, 1.165) is 0 Å². The third kappa shape index (κ3) is 1.63. The Bertz CT molecular complexity index is 346. The van der Waals surface area contributed by atoms with Gasteiger partial charge in [-0.1, -0.05) is 12.1 Å². The lowest BCUT2D eigenvalue weighted by Gasteiger charge is -2.24. The van der Waals surface area contributed by atoms with Gasteiger partial charge in [-0.05, 0) is 12.1 Å². The monoisotopic (exact) mass is 192 g/mol. The number of para-hydroxylation sites is 1. The summed E-state index contributed by atoms with van der Waals surface area (Å²) in [6, 6.07) is 7.31. The third-order valence-electron chi connectivity index (χ3n) is 2.25. The molecular formula is C11H12O3. The van der Waals surface area contributed by atoms with Gasteiger partial charge in [0.25, 0.3) is 0 Å². The van der Waals surface area contributed by atoms with Crippen molar-refractivity contribution < 1.29 is 14.3 Å². The van der Waals surface area contributed by atoms with Crippen LogP contribution in [0.2, 0.25) is 0 Å². The maximum Gasteiger partial charge on any atom is 0.170 e. The first-order chi connectivity index (χ1) is 6.81. The predicted molar refractivity (Wildman–Crippen MR) is 51.7 cm³/mol. The van der Waals surface area contributed by atoms with E-state index in [-0.39, 0.29) is 11.9 Å². The molecule has 1 atom stereocenters. The molecule has 3 heteroatoms.